The van der Waals surface area contributed by atoms with E-state index in [2.05, 4.69) is 15.5 Å². The van der Waals surface area contributed by atoms with E-state index in [1.807, 2.05) is 6.07 Å². The van der Waals surface area contributed by atoms with E-state index in [0.717, 1.165) is 10.1 Å². The van der Waals surface area contributed by atoms with Crippen LogP contribution < -0.4 is 21.4 Å². The minimum absolute atomic E-state index is 0.167. The van der Waals surface area contributed by atoms with Crippen molar-refractivity contribution >= 4 is 23.3 Å². The van der Waals surface area contributed by atoms with Crippen LogP contribution in [0, 0.1) is 0 Å². The lowest BCUT2D eigenvalue weighted by Crippen LogP contribution is -2.38. The second kappa shape index (κ2) is 7.28. The number of benzene rings is 1. The van der Waals surface area contributed by atoms with Crippen LogP contribution in [0.1, 0.15) is 5.56 Å². The molecule has 0 atom stereocenters. The van der Waals surface area contributed by atoms with Crippen molar-refractivity contribution in [2.45, 2.75) is 6.54 Å². The molecule has 0 bridgehead atoms. The summed E-state index contributed by atoms with van der Waals surface area (Å²) in [5.41, 5.74) is 2.55. The van der Waals surface area contributed by atoms with Crippen molar-refractivity contribution in [3.63, 3.8) is 0 Å². The number of carbonyl (C=O) groups excluding carboxylic acids is 1. The number of aromatic nitrogens is 4. The monoisotopic (exact) mass is 370 g/mol. The molecule has 2 heterocycles. The number of hydrogen-bond acceptors (Lipinski definition) is 6. The number of rotatable bonds is 5. The fourth-order valence-corrected chi connectivity index (χ4v) is 2.61. The number of hydrogen-bond donors (Lipinski definition) is 1. The second-order valence-corrected chi connectivity index (χ2v) is 5.82. The number of methoxy groups -OCH3 is 1. The zero-order chi connectivity index (χ0) is 19.6. The van der Waals surface area contributed by atoms with Gasteiger partial charge in [-0.05, 0) is 17.7 Å². The maximum Gasteiger partial charge on any atom is 0.332 e. The SMILES string of the molecule is COc1cccc(/C=N/NC(=O)Cn2cnc3c2c(=O)n(C)c(=O)n3C)c1. The molecule has 10 nitrogen and oxygen atoms in total. The highest BCUT2D eigenvalue weighted by Crippen LogP contribution is 2.10. The summed E-state index contributed by atoms with van der Waals surface area (Å²) in [6.45, 7) is -0.167. The Labute approximate surface area is 153 Å². The first-order valence-electron chi connectivity index (χ1n) is 7.99. The maximum absolute atomic E-state index is 12.3. The Bertz CT molecular complexity index is 1150. The third kappa shape index (κ3) is 3.50. The molecule has 0 fully saturated rings. The number of hydrazone groups is 1. The van der Waals surface area contributed by atoms with Crippen LogP contribution in [0.2, 0.25) is 0 Å². The quantitative estimate of drug-likeness (QED) is 0.485. The van der Waals surface area contributed by atoms with E-state index in [1.165, 1.54) is 35.8 Å². The van der Waals surface area contributed by atoms with Gasteiger partial charge in [-0.25, -0.2) is 15.2 Å². The summed E-state index contributed by atoms with van der Waals surface area (Å²) >= 11 is 0. The number of nitrogens with zero attached hydrogens (tertiary/aromatic N) is 5. The van der Waals surface area contributed by atoms with E-state index in [4.69, 9.17) is 4.74 Å². The zero-order valence-corrected chi connectivity index (χ0v) is 15.0. The number of imidazole rings is 1. The molecule has 27 heavy (non-hydrogen) atoms. The van der Waals surface area contributed by atoms with Gasteiger partial charge in [0, 0.05) is 14.1 Å². The zero-order valence-electron chi connectivity index (χ0n) is 15.0. The number of amides is 1. The van der Waals surface area contributed by atoms with E-state index < -0.39 is 17.2 Å². The van der Waals surface area contributed by atoms with Gasteiger partial charge >= 0.3 is 5.69 Å². The molecule has 3 aromatic rings. The molecule has 1 aromatic carbocycles. The van der Waals surface area contributed by atoms with Crippen molar-refractivity contribution in [3.05, 3.63) is 57.0 Å². The summed E-state index contributed by atoms with van der Waals surface area (Å²) in [5, 5.41) is 3.90. The van der Waals surface area contributed by atoms with Gasteiger partial charge in [0.15, 0.2) is 11.2 Å². The molecule has 0 aliphatic rings. The van der Waals surface area contributed by atoms with Crippen LogP contribution in [-0.2, 0) is 25.4 Å². The van der Waals surface area contributed by atoms with Crippen molar-refractivity contribution in [1.82, 2.24) is 24.1 Å². The molecular weight excluding hydrogens is 352 g/mol. The summed E-state index contributed by atoms with van der Waals surface area (Å²) < 4.78 is 8.73. The van der Waals surface area contributed by atoms with Crippen LogP contribution in [-0.4, -0.2) is 37.9 Å². The summed E-state index contributed by atoms with van der Waals surface area (Å²) in [5.74, 6) is 0.237. The Hall–Kier alpha value is -3.69. The van der Waals surface area contributed by atoms with Gasteiger partial charge in [0.25, 0.3) is 11.5 Å². The van der Waals surface area contributed by atoms with E-state index in [-0.39, 0.29) is 17.7 Å². The summed E-state index contributed by atoms with van der Waals surface area (Å²) in [6.07, 6.45) is 2.83. The first-order valence-corrected chi connectivity index (χ1v) is 7.99. The molecule has 3 rings (SSSR count). The molecule has 2 aromatic heterocycles. The molecule has 0 saturated carbocycles. The molecule has 0 radical (unpaired) electrons. The highest BCUT2D eigenvalue weighted by molar-refractivity contribution is 5.83. The molecule has 0 aliphatic heterocycles. The van der Waals surface area contributed by atoms with Crippen molar-refractivity contribution in [1.29, 1.82) is 0 Å². The summed E-state index contributed by atoms with van der Waals surface area (Å²) in [4.78, 5) is 40.5. The van der Waals surface area contributed by atoms with Crippen LogP contribution in [0.15, 0.2) is 45.3 Å². The predicted octanol–water partition coefficient (Wildman–Crippen LogP) is -0.407. The van der Waals surface area contributed by atoms with Gasteiger partial charge in [0.2, 0.25) is 0 Å². The van der Waals surface area contributed by atoms with Crippen molar-refractivity contribution in [2.75, 3.05) is 7.11 Å². The standard InChI is InChI=1S/C17H18N6O4/c1-21-15-14(16(25)22(2)17(21)26)23(10-18-15)9-13(24)20-19-8-11-5-4-6-12(7-11)27-3/h4-8,10H,9H2,1-3H3,(H,20,24)/b19-8+. The third-order valence-electron chi connectivity index (χ3n) is 4.03. The van der Waals surface area contributed by atoms with E-state index in [0.29, 0.717) is 5.75 Å². The normalized spacial score (nSPS) is 11.2. The highest BCUT2D eigenvalue weighted by atomic mass is 16.5. The Morgan fingerprint density at radius 2 is 2.07 bits per heavy atom. The summed E-state index contributed by atoms with van der Waals surface area (Å²) in [6, 6.07) is 7.18. The largest absolute Gasteiger partial charge is 0.497 e. The van der Waals surface area contributed by atoms with Crippen LogP contribution in [0.3, 0.4) is 0 Å². The van der Waals surface area contributed by atoms with Crippen molar-refractivity contribution in [3.8, 4) is 5.75 Å². The molecule has 1 amide bonds. The predicted molar refractivity (Wildman–Crippen MR) is 98.9 cm³/mol. The minimum atomic E-state index is -0.515. The Kier molecular flexibility index (Phi) is 4.88. The van der Waals surface area contributed by atoms with Crippen LogP contribution in [0.4, 0.5) is 0 Å². The lowest BCUT2D eigenvalue weighted by Gasteiger charge is -2.06. The number of ether oxygens (including phenoxy) is 1. The average molecular weight is 370 g/mol. The topological polar surface area (TPSA) is 113 Å². The molecule has 0 aliphatic carbocycles. The number of nitrogens with one attached hydrogen (secondary N) is 1. The van der Waals surface area contributed by atoms with Gasteiger partial charge in [0.05, 0.1) is 19.7 Å². The summed E-state index contributed by atoms with van der Waals surface area (Å²) in [7, 11) is 4.45. The molecule has 140 valence electrons. The van der Waals surface area contributed by atoms with Gasteiger partial charge in [-0.1, -0.05) is 12.1 Å². The van der Waals surface area contributed by atoms with Gasteiger partial charge < -0.3 is 9.30 Å². The first-order chi connectivity index (χ1) is 12.9. The molecule has 0 saturated heterocycles. The second-order valence-electron chi connectivity index (χ2n) is 5.82. The minimum Gasteiger partial charge on any atom is -0.497 e. The molecule has 0 spiro atoms. The van der Waals surface area contributed by atoms with Gasteiger partial charge in [0.1, 0.15) is 12.3 Å². The number of aryl methyl sites for hydroxylation is 1. The number of carbonyl (C=O) groups is 1. The fraction of sp³-hybridized carbons (Fsp3) is 0.235. The van der Waals surface area contributed by atoms with E-state index in [1.54, 1.807) is 25.3 Å². The Balaban J connectivity index is 1.78. The maximum atomic E-state index is 12.3. The Morgan fingerprint density at radius 3 is 2.81 bits per heavy atom. The molecule has 1 N–H and O–H groups in total. The molecule has 10 heteroatoms. The number of fused-ring (bicyclic) bond motifs is 1. The van der Waals surface area contributed by atoms with Crippen molar-refractivity contribution in [2.24, 2.45) is 19.2 Å². The van der Waals surface area contributed by atoms with Crippen molar-refractivity contribution < 1.29 is 9.53 Å². The van der Waals surface area contributed by atoms with Gasteiger partial charge in [-0.15, -0.1) is 0 Å². The van der Waals surface area contributed by atoms with Gasteiger partial charge in [-0.3, -0.25) is 18.7 Å². The first kappa shape index (κ1) is 18.1. The van der Waals surface area contributed by atoms with Crippen LogP contribution >= 0.6 is 0 Å². The van der Waals surface area contributed by atoms with Gasteiger partial charge in [-0.2, -0.15) is 5.10 Å². The average Bonchev–Trinajstić information content (AvgIpc) is 3.08. The smallest absolute Gasteiger partial charge is 0.332 e. The van der Waals surface area contributed by atoms with E-state index in [9.17, 15) is 14.4 Å². The lowest BCUT2D eigenvalue weighted by atomic mass is 10.2. The third-order valence-corrected chi connectivity index (χ3v) is 4.03. The lowest BCUT2D eigenvalue weighted by molar-refractivity contribution is -0.121. The highest BCUT2D eigenvalue weighted by Gasteiger charge is 2.15. The van der Waals surface area contributed by atoms with Crippen LogP contribution in [0.5, 0.6) is 5.75 Å². The molecular formula is C17H18N6O4. The molecule has 0 unspecified atom stereocenters. The fourth-order valence-electron chi connectivity index (χ4n) is 2.61. The Morgan fingerprint density at radius 1 is 1.30 bits per heavy atom. The van der Waals surface area contributed by atoms with Crippen LogP contribution in [0.25, 0.3) is 11.2 Å². The van der Waals surface area contributed by atoms with E-state index >= 15 is 0 Å².